The average molecular weight is 136 g/mol. The Bertz CT molecular complexity index is 185. The maximum Gasteiger partial charge on any atom is 0.0473 e. The van der Waals surface area contributed by atoms with Crippen LogP contribution in [0.15, 0.2) is 18.3 Å². The predicted octanol–water partition coefficient (Wildman–Crippen LogP) is 1.44. The first-order valence-electron chi connectivity index (χ1n) is 3.83. The Hall–Kier alpha value is -0.760. The Labute approximate surface area is 60.6 Å². The zero-order valence-corrected chi connectivity index (χ0v) is 5.93. The second kappa shape index (κ2) is 2.46. The number of hydrogen-bond donors (Lipinski definition) is 2. The summed E-state index contributed by atoms with van der Waals surface area (Å²) in [4.78, 5) is 3.22. The quantitative estimate of drug-likeness (QED) is 0.600. The zero-order chi connectivity index (χ0) is 6.81. The van der Waals surface area contributed by atoms with Crippen molar-refractivity contribution in [2.75, 3.05) is 6.54 Å². The molecule has 1 aliphatic rings. The highest BCUT2D eigenvalue weighted by Gasteiger charge is 2.15. The fourth-order valence-electron chi connectivity index (χ4n) is 1.51. The summed E-state index contributed by atoms with van der Waals surface area (Å²) in [5.41, 5.74) is 1.33. The van der Waals surface area contributed by atoms with Crippen molar-refractivity contribution in [3.63, 3.8) is 0 Å². The lowest BCUT2D eigenvalue weighted by atomic mass is 10.2. The van der Waals surface area contributed by atoms with Crippen LogP contribution >= 0.6 is 0 Å². The van der Waals surface area contributed by atoms with Crippen LogP contribution in [0.1, 0.15) is 24.6 Å². The Kier molecular flexibility index (Phi) is 1.47. The van der Waals surface area contributed by atoms with Gasteiger partial charge in [-0.3, -0.25) is 0 Å². The molecule has 0 saturated carbocycles. The van der Waals surface area contributed by atoms with Gasteiger partial charge in [0.1, 0.15) is 0 Å². The minimum absolute atomic E-state index is 0.593. The van der Waals surface area contributed by atoms with Gasteiger partial charge in [0, 0.05) is 17.9 Å². The summed E-state index contributed by atoms with van der Waals surface area (Å²) in [6.07, 6.45) is 4.57. The number of hydrogen-bond acceptors (Lipinski definition) is 1. The van der Waals surface area contributed by atoms with E-state index in [9.17, 15) is 0 Å². The molecule has 0 amide bonds. The molecule has 10 heavy (non-hydrogen) atoms. The van der Waals surface area contributed by atoms with Crippen molar-refractivity contribution in [1.82, 2.24) is 10.3 Å². The van der Waals surface area contributed by atoms with Crippen LogP contribution in [0.2, 0.25) is 0 Å². The highest BCUT2D eigenvalue weighted by Crippen LogP contribution is 2.20. The highest BCUT2D eigenvalue weighted by molar-refractivity contribution is 5.10. The van der Waals surface area contributed by atoms with Gasteiger partial charge >= 0.3 is 0 Å². The number of H-pyrrole nitrogens is 1. The van der Waals surface area contributed by atoms with E-state index in [4.69, 9.17) is 0 Å². The lowest BCUT2D eigenvalue weighted by Crippen LogP contribution is -2.12. The summed E-state index contributed by atoms with van der Waals surface area (Å²) in [5.74, 6) is 0. The van der Waals surface area contributed by atoms with Crippen LogP contribution in [0.5, 0.6) is 0 Å². The van der Waals surface area contributed by atoms with Gasteiger partial charge in [0.05, 0.1) is 0 Å². The number of rotatable bonds is 1. The summed E-state index contributed by atoms with van der Waals surface area (Å²) in [6, 6.07) is 4.79. The van der Waals surface area contributed by atoms with Gasteiger partial charge in [-0.15, -0.1) is 0 Å². The molecule has 0 spiro atoms. The van der Waals surface area contributed by atoms with Gasteiger partial charge in [0.2, 0.25) is 0 Å². The Morgan fingerprint density at radius 3 is 3.10 bits per heavy atom. The van der Waals surface area contributed by atoms with Crippen molar-refractivity contribution >= 4 is 0 Å². The van der Waals surface area contributed by atoms with Crippen LogP contribution in [-0.2, 0) is 0 Å². The molecule has 0 radical (unpaired) electrons. The molecule has 1 aromatic heterocycles. The van der Waals surface area contributed by atoms with E-state index in [-0.39, 0.29) is 0 Å². The molecule has 2 nitrogen and oxygen atoms in total. The topological polar surface area (TPSA) is 27.8 Å². The molecule has 1 fully saturated rings. The van der Waals surface area contributed by atoms with Crippen molar-refractivity contribution < 1.29 is 0 Å². The fourth-order valence-corrected chi connectivity index (χ4v) is 1.51. The van der Waals surface area contributed by atoms with Crippen molar-refractivity contribution in [3.05, 3.63) is 24.0 Å². The first-order chi connectivity index (χ1) is 4.97. The SMILES string of the molecule is c1c[nH]c(C2CCCN2)c1. The van der Waals surface area contributed by atoms with Crippen LogP contribution < -0.4 is 5.32 Å². The molecular formula is C8H12N2. The fraction of sp³-hybridized carbons (Fsp3) is 0.500. The molecule has 1 unspecified atom stereocenters. The molecule has 2 heteroatoms. The first kappa shape index (κ1) is 5.98. The Morgan fingerprint density at radius 2 is 2.50 bits per heavy atom. The predicted molar refractivity (Wildman–Crippen MR) is 40.8 cm³/mol. The summed E-state index contributed by atoms with van der Waals surface area (Å²) < 4.78 is 0. The molecule has 0 aromatic carbocycles. The largest absolute Gasteiger partial charge is 0.364 e. The number of aromatic amines is 1. The van der Waals surface area contributed by atoms with Crippen molar-refractivity contribution in [2.45, 2.75) is 18.9 Å². The third-order valence-electron chi connectivity index (χ3n) is 2.06. The number of nitrogens with one attached hydrogen (secondary N) is 2. The van der Waals surface area contributed by atoms with Gasteiger partial charge in [-0.25, -0.2) is 0 Å². The normalized spacial score (nSPS) is 25.4. The molecular weight excluding hydrogens is 124 g/mol. The van der Waals surface area contributed by atoms with E-state index in [1.807, 2.05) is 6.20 Å². The van der Waals surface area contributed by atoms with Crippen LogP contribution in [0.25, 0.3) is 0 Å². The molecule has 2 rings (SSSR count). The molecule has 2 N–H and O–H groups in total. The van der Waals surface area contributed by atoms with Gasteiger partial charge < -0.3 is 10.3 Å². The molecule has 0 aliphatic carbocycles. The molecule has 2 heterocycles. The lowest BCUT2D eigenvalue weighted by Gasteiger charge is -2.05. The molecule has 1 atom stereocenters. The van der Waals surface area contributed by atoms with Gasteiger partial charge in [-0.2, -0.15) is 0 Å². The molecule has 0 bridgehead atoms. The van der Waals surface area contributed by atoms with E-state index in [1.54, 1.807) is 0 Å². The van der Waals surface area contributed by atoms with Gasteiger partial charge in [0.25, 0.3) is 0 Å². The standard InChI is InChI=1S/C8H12N2/c1-3-7(9-5-1)8-4-2-6-10-8/h1,3,5,8-10H,2,4,6H2. The Balaban J connectivity index is 2.12. The second-order valence-electron chi connectivity index (χ2n) is 2.77. The van der Waals surface area contributed by atoms with Crippen LogP contribution in [0, 0.1) is 0 Å². The maximum absolute atomic E-state index is 3.43. The van der Waals surface area contributed by atoms with E-state index in [1.165, 1.54) is 25.1 Å². The number of aromatic nitrogens is 1. The third-order valence-corrected chi connectivity index (χ3v) is 2.06. The zero-order valence-electron chi connectivity index (χ0n) is 5.93. The summed E-state index contributed by atoms with van der Waals surface area (Å²) in [6.45, 7) is 1.17. The molecule has 1 aromatic rings. The van der Waals surface area contributed by atoms with Gasteiger partial charge in [0.15, 0.2) is 0 Å². The van der Waals surface area contributed by atoms with E-state index < -0.39 is 0 Å². The minimum Gasteiger partial charge on any atom is -0.364 e. The molecule has 1 saturated heterocycles. The van der Waals surface area contributed by atoms with E-state index in [0.717, 1.165) is 0 Å². The average Bonchev–Trinajstić information content (AvgIpc) is 2.59. The first-order valence-corrected chi connectivity index (χ1v) is 3.83. The lowest BCUT2D eigenvalue weighted by molar-refractivity contribution is 0.632. The van der Waals surface area contributed by atoms with E-state index >= 15 is 0 Å². The van der Waals surface area contributed by atoms with Crippen molar-refractivity contribution in [3.8, 4) is 0 Å². The highest BCUT2D eigenvalue weighted by atomic mass is 15.0. The second-order valence-corrected chi connectivity index (χ2v) is 2.77. The van der Waals surface area contributed by atoms with Crippen molar-refractivity contribution in [1.29, 1.82) is 0 Å². The summed E-state index contributed by atoms with van der Waals surface area (Å²) in [5, 5.41) is 3.43. The summed E-state index contributed by atoms with van der Waals surface area (Å²) >= 11 is 0. The minimum atomic E-state index is 0.593. The van der Waals surface area contributed by atoms with E-state index in [2.05, 4.69) is 22.4 Å². The van der Waals surface area contributed by atoms with E-state index in [0.29, 0.717) is 6.04 Å². The van der Waals surface area contributed by atoms with Crippen LogP contribution in [0.4, 0.5) is 0 Å². The van der Waals surface area contributed by atoms with Crippen LogP contribution in [-0.4, -0.2) is 11.5 Å². The monoisotopic (exact) mass is 136 g/mol. The third kappa shape index (κ3) is 0.948. The Morgan fingerprint density at radius 1 is 1.50 bits per heavy atom. The molecule has 1 aliphatic heterocycles. The van der Waals surface area contributed by atoms with Gasteiger partial charge in [-0.05, 0) is 31.5 Å². The summed E-state index contributed by atoms with van der Waals surface area (Å²) in [7, 11) is 0. The van der Waals surface area contributed by atoms with Crippen molar-refractivity contribution in [2.24, 2.45) is 0 Å². The smallest absolute Gasteiger partial charge is 0.0473 e. The van der Waals surface area contributed by atoms with Gasteiger partial charge in [-0.1, -0.05) is 0 Å². The molecule has 54 valence electrons. The maximum atomic E-state index is 3.43. The van der Waals surface area contributed by atoms with Crippen LogP contribution in [0.3, 0.4) is 0 Å².